The number of benzene rings is 1. The Bertz CT molecular complexity index is 651. The molecule has 1 N–H and O–H groups in total. The number of aliphatic hydroxyl groups excluding tert-OH is 1. The highest BCUT2D eigenvalue weighted by Gasteiger charge is 2.58. The van der Waals surface area contributed by atoms with Gasteiger partial charge in [-0.05, 0) is 32.4 Å². The number of halogens is 3. The van der Waals surface area contributed by atoms with E-state index in [0.29, 0.717) is 6.92 Å². The Balaban J connectivity index is 2.50. The van der Waals surface area contributed by atoms with Gasteiger partial charge in [-0.15, -0.1) is 0 Å². The summed E-state index contributed by atoms with van der Waals surface area (Å²) < 4.78 is 53.1. The van der Waals surface area contributed by atoms with Crippen molar-refractivity contribution in [2.45, 2.75) is 57.2 Å². The van der Waals surface area contributed by atoms with E-state index in [1.165, 1.54) is 18.2 Å². The molecular formula is C19H25F3O4. The first kappa shape index (κ1) is 20.7. The first-order valence-electron chi connectivity index (χ1n) is 8.48. The van der Waals surface area contributed by atoms with Gasteiger partial charge in [-0.3, -0.25) is 4.79 Å². The van der Waals surface area contributed by atoms with Crippen molar-refractivity contribution < 1.29 is 32.5 Å². The van der Waals surface area contributed by atoms with Crippen LogP contribution in [0, 0.1) is 11.7 Å². The summed E-state index contributed by atoms with van der Waals surface area (Å²) in [5.41, 5.74) is -2.15. The predicted octanol–water partition coefficient (Wildman–Crippen LogP) is 3.46. The van der Waals surface area contributed by atoms with Crippen molar-refractivity contribution in [1.82, 2.24) is 0 Å². The lowest BCUT2D eigenvalue weighted by atomic mass is 9.67. The van der Waals surface area contributed by atoms with E-state index >= 15 is 0 Å². The molecule has 1 heterocycles. The van der Waals surface area contributed by atoms with Crippen LogP contribution in [0.4, 0.5) is 13.2 Å². The lowest BCUT2D eigenvalue weighted by Crippen LogP contribution is -2.46. The Labute approximate surface area is 151 Å². The maximum Gasteiger partial charge on any atom is 0.307 e. The normalized spacial score (nSPS) is 26.8. The summed E-state index contributed by atoms with van der Waals surface area (Å²) in [5.74, 6) is -5.72. The molecule has 0 spiro atoms. The second kappa shape index (κ2) is 7.19. The zero-order valence-electron chi connectivity index (χ0n) is 15.4. The zero-order valence-corrected chi connectivity index (χ0v) is 15.4. The van der Waals surface area contributed by atoms with Crippen molar-refractivity contribution in [1.29, 1.82) is 0 Å². The molecule has 3 atom stereocenters. The third kappa shape index (κ3) is 4.20. The summed E-state index contributed by atoms with van der Waals surface area (Å²) in [6.45, 7) is 4.73. The number of hydrogen-bond donors (Lipinski definition) is 1. The Morgan fingerprint density at radius 1 is 1.31 bits per heavy atom. The number of rotatable bonds is 5. The first-order valence-corrected chi connectivity index (χ1v) is 8.48. The molecule has 1 aliphatic heterocycles. The minimum absolute atomic E-state index is 0.0664. The fourth-order valence-electron chi connectivity index (χ4n) is 3.58. The first-order chi connectivity index (χ1) is 11.9. The lowest BCUT2D eigenvalue weighted by Gasteiger charge is -2.36. The summed E-state index contributed by atoms with van der Waals surface area (Å²) in [4.78, 5) is 12.5. The van der Waals surface area contributed by atoms with E-state index in [9.17, 15) is 23.1 Å². The number of alkyl halides is 2. The lowest BCUT2D eigenvalue weighted by molar-refractivity contribution is -0.157. The molecule has 0 aliphatic carbocycles. The molecule has 1 aliphatic rings. The average molecular weight is 374 g/mol. The quantitative estimate of drug-likeness (QED) is 0.802. The smallest absolute Gasteiger partial charge is 0.307 e. The van der Waals surface area contributed by atoms with E-state index in [2.05, 4.69) is 0 Å². The van der Waals surface area contributed by atoms with Crippen LogP contribution < -0.4 is 0 Å². The van der Waals surface area contributed by atoms with Crippen LogP contribution >= 0.6 is 0 Å². The molecule has 0 saturated carbocycles. The minimum Gasteiger partial charge on any atom is -0.460 e. The van der Waals surface area contributed by atoms with Gasteiger partial charge in [0, 0.05) is 24.9 Å². The molecule has 0 radical (unpaired) electrons. The van der Waals surface area contributed by atoms with Gasteiger partial charge in [0.2, 0.25) is 0 Å². The van der Waals surface area contributed by atoms with E-state index < -0.39 is 47.4 Å². The van der Waals surface area contributed by atoms with Crippen molar-refractivity contribution in [3.63, 3.8) is 0 Å². The molecule has 7 heteroatoms. The molecule has 0 bridgehead atoms. The number of carbonyl (C=O) groups is 1. The SMILES string of the molecule is CC(C)(C)OC(=O)C[C@@]1(c2ccccc2F)CO[C@H](C(C)(F)F)[C@H]1CO. The summed E-state index contributed by atoms with van der Waals surface area (Å²) in [5, 5.41) is 9.85. The van der Waals surface area contributed by atoms with Crippen molar-refractivity contribution in [3.05, 3.63) is 35.6 Å². The van der Waals surface area contributed by atoms with Crippen LogP contribution in [-0.2, 0) is 19.7 Å². The maximum atomic E-state index is 14.5. The number of esters is 1. The highest BCUT2D eigenvalue weighted by molar-refractivity contribution is 5.72. The standard InChI is InChI=1S/C19H25F3O4/c1-17(2,3)26-15(24)9-19(12-7-5-6-8-14(12)20)11-25-16(13(19)10-23)18(4,21)22/h5-8,13,16,23H,9-11H2,1-4H3/t13-,16+,19+/m1/s1. The molecule has 146 valence electrons. The number of aliphatic hydroxyl groups is 1. The molecule has 1 aromatic carbocycles. The Morgan fingerprint density at radius 3 is 2.42 bits per heavy atom. The third-order valence-corrected chi connectivity index (χ3v) is 4.58. The minimum atomic E-state index is -3.26. The summed E-state index contributed by atoms with van der Waals surface area (Å²) in [6.07, 6.45) is -2.00. The summed E-state index contributed by atoms with van der Waals surface area (Å²) >= 11 is 0. The van der Waals surface area contributed by atoms with Gasteiger partial charge in [0.1, 0.15) is 17.5 Å². The molecule has 0 amide bonds. The fraction of sp³-hybridized carbons (Fsp3) is 0.632. The summed E-state index contributed by atoms with van der Waals surface area (Å²) in [6, 6.07) is 5.65. The molecule has 4 nitrogen and oxygen atoms in total. The molecule has 0 aromatic heterocycles. The van der Waals surface area contributed by atoms with Crippen LogP contribution in [0.1, 0.15) is 39.7 Å². The van der Waals surface area contributed by atoms with Gasteiger partial charge in [-0.2, -0.15) is 0 Å². The number of ether oxygens (including phenoxy) is 2. The van der Waals surface area contributed by atoms with Crippen molar-refractivity contribution in [2.75, 3.05) is 13.2 Å². The average Bonchev–Trinajstić information content (AvgIpc) is 2.84. The predicted molar refractivity (Wildman–Crippen MR) is 89.5 cm³/mol. The second-order valence-corrected chi connectivity index (χ2v) is 7.88. The molecule has 2 rings (SSSR count). The van der Waals surface area contributed by atoms with Crippen molar-refractivity contribution in [3.8, 4) is 0 Å². The highest BCUT2D eigenvalue weighted by atomic mass is 19.3. The van der Waals surface area contributed by atoms with E-state index in [-0.39, 0.29) is 18.6 Å². The van der Waals surface area contributed by atoms with Crippen LogP contribution in [0.15, 0.2) is 24.3 Å². The van der Waals surface area contributed by atoms with Crippen LogP contribution in [0.25, 0.3) is 0 Å². The van der Waals surface area contributed by atoms with E-state index in [1.807, 2.05) is 0 Å². The zero-order chi connectivity index (χ0) is 19.8. The van der Waals surface area contributed by atoms with Crippen molar-refractivity contribution >= 4 is 5.97 Å². The highest BCUT2D eigenvalue weighted by Crippen LogP contribution is 2.49. The van der Waals surface area contributed by atoms with Crippen LogP contribution in [-0.4, -0.2) is 41.9 Å². The maximum absolute atomic E-state index is 14.5. The van der Waals surface area contributed by atoms with Gasteiger partial charge in [-0.1, -0.05) is 18.2 Å². The van der Waals surface area contributed by atoms with Crippen LogP contribution in [0.5, 0.6) is 0 Å². The number of hydrogen-bond acceptors (Lipinski definition) is 4. The fourth-order valence-corrected chi connectivity index (χ4v) is 3.58. The van der Waals surface area contributed by atoms with Crippen LogP contribution in [0.2, 0.25) is 0 Å². The monoisotopic (exact) mass is 374 g/mol. The van der Waals surface area contributed by atoms with Gasteiger partial charge in [-0.25, -0.2) is 13.2 Å². The second-order valence-electron chi connectivity index (χ2n) is 7.88. The molecule has 1 aromatic rings. The van der Waals surface area contributed by atoms with E-state index in [0.717, 1.165) is 0 Å². The summed E-state index contributed by atoms with van der Waals surface area (Å²) in [7, 11) is 0. The Hall–Kier alpha value is -1.60. The Kier molecular flexibility index (Phi) is 5.73. The van der Waals surface area contributed by atoms with Gasteiger partial charge in [0.25, 0.3) is 5.92 Å². The van der Waals surface area contributed by atoms with Crippen LogP contribution in [0.3, 0.4) is 0 Å². The van der Waals surface area contributed by atoms with Gasteiger partial charge in [0.05, 0.1) is 13.0 Å². The van der Waals surface area contributed by atoms with Gasteiger partial charge >= 0.3 is 5.97 Å². The van der Waals surface area contributed by atoms with Gasteiger partial charge in [0.15, 0.2) is 0 Å². The van der Waals surface area contributed by atoms with E-state index in [4.69, 9.17) is 9.47 Å². The molecule has 1 fully saturated rings. The molecule has 1 saturated heterocycles. The molecule has 0 unspecified atom stereocenters. The molecule has 26 heavy (non-hydrogen) atoms. The Morgan fingerprint density at radius 2 is 1.92 bits per heavy atom. The van der Waals surface area contributed by atoms with Crippen molar-refractivity contribution in [2.24, 2.45) is 5.92 Å². The number of carbonyl (C=O) groups excluding carboxylic acids is 1. The van der Waals surface area contributed by atoms with E-state index in [1.54, 1.807) is 26.8 Å². The third-order valence-electron chi connectivity index (χ3n) is 4.58. The van der Waals surface area contributed by atoms with Gasteiger partial charge < -0.3 is 14.6 Å². The largest absolute Gasteiger partial charge is 0.460 e. The topological polar surface area (TPSA) is 55.8 Å². The molecular weight excluding hydrogens is 349 g/mol.